The molecule has 0 aliphatic carbocycles. The van der Waals surface area contributed by atoms with Crippen molar-refractivity contribution in [3.05, 3.63) is 24.5 Å². The third-order valence-corrected chi connectivity index (χ3v) is 5.16. The number of hydrogen-bond donors (Lipinski definition) is 0. The molecule has 1 fully saturated rings. The summed E-state index contributed by atoms with van der Waals surface area (Å²) in [5.74, 6) is -2.79. The van der Waals surface area contributed by atoms with Gasteiger partial charge in [0.2, 0.25) is 0 Å². The van der Waals surface area contributed by atoms with Gasteiger partial charge in [0.15, 0.2) is 10.7 Å². The molecule has 108 valence electrons. The molecular formula is C11H12F2N4O2S. The predicted molar refractivity (Wildman–Crippen MR) is 65.9 cm³/mol. The van der Waals surface area contributed by atoms with E-state index in [2.05, 4.69) is 10.1 Å². The van der Waals surface area contributed by atoms with Gasteiger partial charge in [0.05, 0.1) is 6.20 Å². The molecule has 0 unspecified atom stereocenters. The quantitative estimate of drug-likeness (QED) is 0.834. The number of hydrogen-bond acceptors (Lipinski definition) is 4. The Morgan fingerprint density at radius 2 is 1.95 bits per heavy atom. The molecule has 1 aliphatic heterocycles. The van der Waals surface area contributed by atoms with Gasteiger partial charge in [-0.05, 0) is 12.1 Å². The average molecular weight is 302 g/mol. The van der Waals surface area contributed by atoms with Gasteiger partial charge in [-0.15, -0.1) is 0 Å². The minimum absolute atomic E-state index is 0.0988. The number of rotatable bonds is 2. The first-order chi connectivity index (χ1) is 9.40. The number of alkyl halides is 2. The van der Waals surface area contributed by atoms with Gasteiger partial charge in [0.25, 0.3) is 15.9 Å². The first-order valence-corrected chi connectivity index (χ1v) is 7.51. The maximum Gasteiger partial charge on any atom is 0.262 e. The minimum Gasteiger partial charge on any atom is -0.234 e. The molecule has 3 heterocycles. The van der Waals surface area contributed by atoms with E-state index in [4.69, 9.17) is 0 Å². The van der Waals surface area contributed by atoms with E-state index in [1.54, 1.807) is 12.1 Å². The van der Waals surface area contributed by atoms with Gasteiger partial charge in [-0.25, -0.2) is 26.7 Å². The van der Waals surface area contributed by atoms with E-state index >= 15 is 0 Å². The van der Waals surface area contributed by atoms with Gasteiger partial charge < -0.3 is 0 Å². The van der Waals surface area contributed by atoms with Gasteiger partial charge in [-0.1, -0.05) is 0 Å². The topological polar surface area (TPSA) is 67.6 Å². The fourth-order valence-electron chi connectivity index (χ4n) is 2.17. The van der Waals surface area contributed by atoms with Crippen molar-refractivity contribution in [2.45, 2.75) is 23.8 Å². The maximum absolute atomic E-state index is 13.1. The number of nitrogens with zero attached hydrogens (tertiary/aromatic N) is 4. The highest BCUT2D eigenvalue weighted by atomic mass is 32.2. The summed E-state index contributed by atoms with van der Waals surface area (Å²) in [6.07, 6.45) is 1.72. The van der Waals surface area contributed by atoms with Crippen molar-refractivity contribution >= 4 is 15.7 Å². The van der Waals surface area contributed by atoms with Crippen molar-refractivity contribution in [1.82, 2.24) is 18.9 Å². The highest BCUT2D eigenvalue weighted by molar-refractivity contribution is 7.89. The van der Waals surface area contributed by atoms with Crippen LogP contribution in [0.2, 0.25) is 0 Å². The molecular weight excluding hydrogens is 290 g/mol. The lowest BCUT2D eigenvalue weighted by Gasteiger charge is -2.30. The Balaban J connectivity index is 1.97. The molecule has 9 heteroatoms. The minimum atomic E-state index is -3.86. The summed E-state index contributed by atoms with van der Waals surface area (Å²) in [5, 5.41) is 3.83. The Morgan fingerprint density at radius 1 is 1.25 bits per heavy atom. The van der Waals surface area contributed by atoms with Crippen LogP contribution in [0.3, 0.4) is 0 Å². The van der Waals surface area contributed by atoms with Gasteiger partial charge in [0.1, 0.15) is 0 Å². The van der Waals surface area contributed by atoms with Crippen LogP contribution >= 0.6 is 0 Å². The van der Waals surface area contributed by atoms with E-state index in [1.807, 2.05) is 0 Å². The second kappa shape index (κ2) is 4.45. The number of sulfonamides is 1. The number of piperidine rings is 1. The zero-order valence-electron chi connectivity index (χ0n) is 10.4. The Morgan fingerprint density at radius 3 is 2.65 bits per heavy atom. The molecule has 0 atom stereocenters. The van der Waals surface area contributed by atoms with Crippen molar-refractivity contribution in [3.63, 3.8) is 0 Å². The second-order valence-electron chi connectivity index (χ2n) is 4.65. The zero-order valence-corrected chi connectivity index (χ0v) is 11.2. The second-order valence-corrected chi connectivity index (χ2v) is 6.53. The summed E-state index contributed by atoms with van der Waals surface area (Å²) in [4.78, 5) is 3.95. The van der Waals surface area contributed by atoms with Crippen molar-refractivity contribution in [1.29, 1.82) is 0 Å². The third-order valence-electron chi connectivity index (χ3n) is 3.30. The van der Waals surface area contributed by atoms with Crippen LogP contribution in [-0.2, 0) is 10.0 Å². The van der Waals surface area contributed by atoms with Crippen LogP contribution in [0, 0.1) is 0 Å². The Bertz CT molecular complexity index is 734. The van der Waals surface area contributed by atoms with E-state index in [-0.39, 0.29) is 18.1 Å². The smallest absolute Gasteiger partial charge is 0.234 e. The molecule has 0 spiro atoms. The summed E-state index contributed by atoms with van der Waals surface area (Å²) in [6, 6.07) is 3.26. The predicted octanol–water partition coefficient (Wildman–Crippen LogP) is 1.15. The normalized spacial score (nSPS) is 20.3. The molecule has 2 aromatic heterocycles. The summed E-state index contributed by atoms with van der Waals surface area (Å²) in [5.41, 5.74) is 0.397. The monoisotopic (exact) mass is 302 g/mol. The molecule has 0 bridgehead atoms. The fourth-order valence-corrected chi connectivity index (χ4v) is 3.64. The summed E-state index contributed by atoms with van der Waals surface area (Å²) in [7, 11) is -3.86. The first kappa shape index (κ1) is 13.4. The first-order valence-electron chi connectivity index (χ1n) is 6.07. The molecule has 2 aromatic rings. The molecule has 0 amide bonds. The zero-order chi connectivity index (χ0) is 14.4. The fraction of sp³-hybridized carbons (Fsp3) is 0.455. The van der Waals surface area contributed by atoms with Crippen LogP contribution in [0.4, 0.5) is 8.78 Å². The number of imidazole rings is 1. The number of halogens is 2. The molecule has 20 heavy (non-hydrogen) atoms. The van der Waals surface area contributed by atoms with Crippen LogP contribution in [0.15, 0.2) is 29.6 Å². The average Bonchev–Trinajstić information content (AvgIpc) is 2.82. The van der Waals surface area contributed by atoms with Gasteiger partial charge in [-0.2, -0.15) is 9.40 Å². The molecule has 0 aromatic carbocycles. The van der Waals surface area contributed by atoms with Gasteiger partial charge >= 0.3 is 0 Å². The van der Waals surface area contributed by atoms with Crippen LogP contribution < -0.4 is 0 Å². The Kier molecular flexibility index (Phi) is 2.98. The van der Waals surface area contributed by atoms with Crippen LogP contribution in [0.5, 0.6) is 0 Å². The lowest BCUT2D eigenvalue weighted by molar-refractivity contribution is -0.0412. The molecule has 3 rings (SSSR count). The van der Waals surface area contributed by atoms with Gasteiger partial charge in [0, 0.05) is 32.1 Å². The summed E-state index contributed by atoms with van der Waals surface area (Å²) < 4.78 is 53.4. The van der Waals surface area contributed by atoms with E-state index in [1.165, 1.54) is 16.9 Å². The molecule has 1 aliphatic rings. The summed E-state index contributed by atoms with van der Waals surface area (Å²) in [6.45, 7) is -0.398. The van der Waals surface area contributed by atoms with Crippen molar-refractivity contribution < 1.29 is 17.2 Å². The maximum atomic E-state index is 13.1. The molecule has 6 nitrogen and oxygen atoms in total. The standard InChI is InChI=1S/C11H12F2N4O2S/c12-11(13)3-6-16(7-4-11)20(18,19)10-8-14-9-2-1-5-15-17(9)10/h1-2,5,8H,3-4,6-7H2. The highest BCUT2D eigenvalue weighted by Crippen LogP contribution is 2.30. The number of aromatic nitrogens is 3. The van der Waals surface area contributed by atoms with Crippen LogP contribution in [-0.4, -0.2) is 46.3 Å². The Hall–Kier alpha value is -1.61. The molecule has 0 N–H and O–H groups in total. The SMILES string of the molecule is O=S(=O)(c1cnc2cccnn12)N1CCC(F)(F)CC1. The third kappa shape index (κ3) is 2.16. The van der Waals surface area contributed by atoms with E-state index in [9.17, 15) is 17.2 Å². The largest absolute Gasteiger partial charge is 0.262 e. The van der Waals surface area contributed by atoms with E-state index < -0.39 is 28.8 Å². The lowest BCUT2D eigenvalue weighted by atomic mass is 10.1. The van der Waals surface area contributed by atoms with Crippen LogP contribution in [0.1, 0.15) is 12.8 Å². The van der Waals surface area contributed by atoms with Crippen molar-refractivity contribution in [3.8, 4) is 0 Å². The summed E-state index contributed by atoms with van der Waals surface area (Å²) >= 11 is 0. The lowest BCUT2D eigenvalue weighted by Crippen LogP contribution is -2.43. The van der Waals surface area contributed by atoms with Crippen LogP contribution in [0.25, 0.3) is 5.65 Å². The molecule has 0 radical (unpaired) electrons. The van der Waals surface area contributed by atoms with Gasteiger partial charge in [-0.3, -0.25) is 0 Å². The van der Waals surface area contributed by atoms with Crippen molar-refractivity contribution in [2.24, 2.45) is 0 Å². The number of fused-ring (bicyclic) bond motifs is 1. The highest BCUT2D eigenvalue weighted by Gasteiger charge is 2.39. The molecule has 1 saturated heterocycles. The Labute approximate surface area is 114 Å². The molecule has 0 saturated carbocycles. The van der Waals surface area contributed by atoms with Crippen molar-refractivity contribution in [2.75, 3.05) is 13.1 Å². The van der Waals surface area contributed by atoms with E-state index in [0.717, 1.165) is 4.31 Å². The van der Waals surface area contributed by atoms with E-state index in [0.29, 0.717) is 5.65 Å².